The molecule has 2 fully saturated rings. The van der Waals surface area contributed by atoms with Crippen molar-refractivity contribution >= 4 is 16.8 Å². The van der Waals surface area contributed by atoms with Crippen LogP contribution in [0.4, 0.5) is 0 Å². The molecule has 0 radical (unpaired) electrons. The van der Waals surface area contributed by atoms with Crippen LogP contribution in [-0.2, 0) is 4.74 Å². The van der Waals surface area contributed by atoms with Gasteiger partial charge in [0.15, 0.2) is 0 Å². The molecule has 0 aliphatic heterocycles. The van der Waals surface area contributed by atoms with Gasteiger partial charge in [0.1, 0.15) is 0 Å². The van der Waals surface area contributed by atoms with E-state index in [1.165, 1.54) is 25.7 Å². The predicted molar refractivity (Wildman–Crippen MR) is 96.4 cm³/mol. The van der Waals surface area contributed by atoms with Crippen molar-refractivity contribution in [3.05, 3.63) is 36.3 Å². The van der Waals surface area contributed by atoms with Gasteiger partial charge in [-0.1, -0.05) is 12.8 Å². The van der Waals surface area contributed by atoms with Crippen LogP contribution < -0.4 is 0 Å². The number of carbonyl (C=O) groups is 1. The summed E-state index contributed by atoms with van der Waals surface area (Å²) in [5.41, 5.74) is 1.65. The second kappa shape index (κ2) is 6.37. The highest BCUT2D eigenvalue weighted by Crippen LogP contribution is 2.56. The Morgan fingerprint density at radius 3 is 2.88 bits per heavy atom. The van der Waals surface area contributed by atoms with E-state index in [2.05, 4.69) is 16.9 Å². The molecule has 0 bridgehead atoms. The van der Waals surface area contributed by atoms with Crippen LogP contribution in [-0.4, -0.2) is 46.6 Å². The molecule has 1 amide bonds. The fourth-order valence-electron chi connectivity index (χ4n) is 4.90. The highest BCUT2D eigenvalue weighted by molar-refractivity contribution is 6.05. The van der Waals surface area contributed by atoms with Crippen LogP contribution in [0.15, 0.2) is 30.7 Å². The minimum Gasteiger partial charge on any atom is -0.378 e. The van der Waals surface area contributed by atoms with Gasteiger partial charge in [-0.15, -0.1) is 0 Å². The SMILES string of the molecule is CCO[C@H]1C[C@H](N(C)C(=O)c2ccnc3ccncc23)C12CCCC2. The summed E-state index contributed by atoms with van der Waals surface area (Å²) in [6.45, 7) is 2.80. The van der Waals surface area contributed by atoms with Gasteiger partial charge >= 0.3 is 0 Å². The second-order valence-corrected chi connectivity index (χ2v) is 7.30. The lowest BCUT2D eigenvalue weighted by Gasteiger charge is -2.57. The number of hydrogen-bond acceptors (Lipinski definition) is 4. The summed E-state index contributed by atoms with van der Waals surface area (Å²) in [5.74, 6) is 0.0617. The third kappa shape index (κ3) is 2.53. The van der Waals surface area contributed by atoms with Gasteiger partial charge in [0.25, 0.3) is 5.91 Å². The van der Waals surface area contributed by atoms with Gasteiger partial charge in [-0.3, -0.25) is 14.8 Å². The summed E-state index contributed by atoms with van der Waals surface area (Å²) in [5, 5.41) is 0.822. The molecule has 5 nitrogen and oxygen atoms in total. The summed E-state index contributed by atoms with van der Waals surface area (Å²) in [6.07, 6.45) is 11.2. The second-order valence-electron chi connectivity index (χ2n) is 7.30. The number of pyridine rings is 2. The number of aromatic nitrogens is 2. The third-order valence-electron chi connectivity index (χ3n) is 6.21. The summed E-state index contributed by atoms with van der Waals surface area (Å²) in [4.78, 5) is 23.7. The molecule has 4 rings (SSSR count). The Hall–Kier alpha value is -2.01. The first kappa shape index (κ1) is 16.5. The topological polar surface area (TPSA) is 55.3 Å². The molecular formula is C20H25N3O2. The zero-order valence-corrected chi connectivity index (χ0v) is 14.9. The third-order valence-corrected chi connectivity index (χ3v) is 6.21. The van der Waals surface area contributed by atoms with E-state index >= 15 is 0 Å². The van der Waals surface area contributed by atoms with E-state index in [1.807, 2.05) is 24.1 Å². The maximum Gasteiger partial charge on any atom is 0.254 e. The smallest absolute Gasteiger partial charge is 0.254 e. The molecule has 1 spiro atoms. The van der Waals surface area contributed by atoms with Gasteiger partial charge in [0.05, 0.1) is 17.2 Å². The molecule has 0 aromatic carbocycles. The van der Waals surface area contributed by atoms with Gasteiger partial charge in [-0.05, 0) is 38.3 Å². The lowest BCUT2D eigenvalue weighted by atomic mass is 9.60. The van der Waals surface area contributed by atoms with Gasteiger partial charge in [-0.2, -0.15) is 0 Å². The van der Waals surface area contributed by atoms with Gasteiger partial charge in [0, 0.05) is 49.1 Å². The Kier molecular flexibility index (Phi) is 4.20. The Morgan fingerprint density at radius 2 is 2.12 bits per heavy atom. The van der Waals surface area contributed by atoms with Crippen molar-refractivity contribution in [2.75, 3.05) is 13.7 Å². The number of ether oxygens (including phenoxy) is 1. The van der Waals surface area contributed by atoms with E-state index < -0.39 is 0 Å². The first-order chi connectivity index (χ1) is 12.2. The van der Waals surface area contributed by atoms with Crippen LogP contribution in [0.2, 0.25) is 0 Å². The number of fused-ring (bicyclic) bond motifs is 1. The first-order valence-electron chi connectivity index (χ1n) is 9.25. The summed E-state index contributed by atoms with van der Waals surface area (Å²) in [7, 11) is 1.94. The zero-order chi connectivity index (χ0) is 17.4. The Morgan fingerprint density at radius 1 is 1.32 bits per heavy atom. The maximum absolute atomic E-state index is 13.2. The van der Waals surface area contributed by atoms with Gasteiger partial charge < -0.3 is 9.64 Å². The van der Waals surface area contributed by atoms with Crippen LogP contribution >= 0.6 is 0 Å². The molecule has 2 aliphatic rings. The Labute approximate surface area is 148 Å². The van der Waals surface area contributed by atoms with Crippen molar-refractivity contribution < 1.29 is 9.53 Å². The van der Waals surface area contributed by atoms with Crippen LogP contribution in [0.5, 0.6) is 0 Å². The fraction of sp³-hybridized carbons (Fsp3) is 0.550. The maximum atomic E-state index is 13.2. The molecule has 25 heavy (non-hydrogen) atoms. The lowest BCUT2D eigenvalue weighted by Crippen LogP contribution is -2.64. The largest absolute Gasteiger partial charge is 0.378 e. The van der Waals surface area contributed by atoms with E-state index in [9.17, 15) is 4.79 Å². The minimum atomic E-state index is 0.0617. The molecule has 2 aromatic heterocycles. The quantitative estimate of drug-likeness (QED) is 0.856. The minimum absolute atomic E-state index is 0.0617. The summed E-state index contributed by atoms with van der Waals surface area (Å²) >= 11 is 0. The number of rotatable bonds is 4. The first-order valence-corrected chi connectivity index (χ1v) is 9.25. The monoisotopic (exact) mass is 339 g/mol. The van der Waals surface area contributed by atoms with E-state index in [0.717, 1.165) is 23.9 Å². The van der Waals surface area contributed by atoms with Crippen molar-refractivity contribution in [1.82, 2.24) is 14.9 Å². The average Bonchev–Trinajstić information content (AvgIpc) is 3.16. The van der Waals surface area contributed by atoms with Gasteiger partial charge in [0.2, 0.25) is 0 Å². The molecule has 2 aliphatic carbocycles. The molecule has 2 aromatic rings. The van der Waals surface area contributed by atoms with Crippen molar-refractivity contribution in [3.63, 3.8) is 0 Å². The molecule has 132 valence electrons. The number of nitrogens with zero attached hydrogens (tertiary/aromatic N) is 3. The molecule has 2 saturated carbocycles. The Balaban J connectivity index is 1.62. The van der Waals surface area contributed by atoms with E-state index in [-0.39, 0.29) is 17.4 Å². The van der Waals surface area contributed by atoms with Crippen molar-refractivity contribution in [1.29, 1.82) is 0 Å². The van der Waals surface area contributed by atoms with Gasteiger partial charge in [-0.25, -0.2) is 0 Å². The summed E-state index contributed by atoms with van der Waals surface area (Å²) in [6, 6.07) is 3.92. The van der Waals surface area contributed by atoms with Crippen molar-refractivity contribution in [2.45, 2.75) is 51.2 Å². The highest BCUT2D eigenvalue weighted by atomic mass is 16.5. The Bertz CT molecular complexity index is 780. The van der Waals surface area contributed by atoms with E-state index in [4.69, 9.17) is 4.74 Å². The molecule has 2 atom stereocenters. The van der Waals surface area contributed by atoms with Crippen molar-refractivity contribution in [3.8, 4) is 0 Å². The number of amides is 1. The molecule has 0 N–H and O–H groups in total. The average molecular weight is 339 g/mol. The van der Waals surface area contributed by atoms with Crippen LogP contribution in [0.25, 0.3) is 10.9 Å². The fourth-order valence-corrected chi connectivity index (χ4v) is 4.90. The highest BCUT2D eigenvalue weighted by Gasteiger charge is 2.58. The number of carbonyl (C=O) groups excluding carboxylic acids is 1. The summed E-state index contributed by atoms with van der Waals surface area (Å²) < 4.78 is 5.99. The predicted octanol–water partition coefficient (Wildman–Crippen LogP) is 3.44. The van der Waals surface area contributed by atoms with Crippen molar-refractivity contribution in [2.24, 2.45) is 5.41 Å². The van der Waals surface area contributed by atoms with E-state index in [1.54, 1.807) is 18.6 Å². The van der Waals surface area contributed by atoms with Crippen LogP contribution in [0.3, 0.4) is 0 Å². The zero-order valence-electron chi connectivity index (χ0n) is 14.9. The van der Waals surface area contributed by atoms with E-state index in [0.29, 0.717) is 11.7 Å². The normalized spacial score (nSPS) is 24.4. The molecule has 0 saturated heterocycles. The molecule has 0 unspecified atom stereocenters. The molecule has 5 heteroatoms. The lowest BCUT2D eigenvalue weighted by molar-refractivity contribution is -0.152. The molecule has 2 heterocycles. The molecular weight excluding hydrogens is 314 g/mol. The standard InChI is InChI=1S/C20H25N3O2/c1-3-25-18-12-17(20(18)8-4-5-9-20)23(2)19(24)14-6-11-22-16-7-10-21-13-15(14)16/h6-7,10-11,13,17-18H,3-5,8-9,12H2,1-2H3/t17-,18-/m0/s1. The van der Waals surface area contributed by atoms with Crippen LogP contribution in [0, 0.1) is 5.41 Å². The van der Waals surface area contributed by atoms with Crippen LogP contribution in [0.1, 0.15) is 49.4 Å². The number of hydrogen-bond donors (Lipinski definition) is 0.